The number of carbonyl (C=O) groups is 3. The van der Waals surface area contributed by atoms with Gasteiger partial charge >= 0.3 is 11.5 Å². The maximum Gasteiger partial charge on any atom is 0.442 e. The topological polar surface area (TPSA) is 77.9 Å². The highest BCUT2D eigenvalue weighted by molar-refractivity contribution is 8.00. The molecular weight excluding hydrogens is 325 g/mol. The maximum absolute atomic E-state index is 12.0. The van der Waals surface area contributed by atoms with Crippen LogP contribution in [0.15, 0.2) is 0 Å². The summed E-state index contributed by atoms with van der Waals surface area (Å²) in [6, 6.07) is 0. The van der Waals surface area contributed by atoms with Gasteiger partial charge < -0.3 is 14.9 Å². The third-order valence-corrected chi connectivity index (χ3v) is 4.07. The Morgan fingerprint density at radius 2 is 1.82 bits per heavy atom. The third-order valence-electron chi connectivity index (χ3n) is 3.35. The second-order valence-electron chi connectivity index (χ2n) is 4.98. The lowest BCUT2D eigenvalue weighted by Crippen LogP contribution is -2.45. The highest BCUT2D eigenvalue weighted by atomic mass is 32.2. The molecule has 1 rings (SSSR count). The van der Waals surface area contributed by atoms with E-state index in [1.54, 1.807) is 0 Å². The Morgan fingerprint density at radius 1 is 1.27 bits per heavy atom. The molecule has 0 aromatic heterocycles. The molecule has 126 valence electrons. The summed E-state index contributed by atoms with van der Waals surface area (Å²) in [7, 11) is 1.27. The van der Waals surface area contributed by atoms with Crippen molar-refractivity contribution in [1.82, 2.24) is 9.80 Å². The van der Waals surface area contributed by atoms with Crippen LogP contribution in [0.2, 0.25) is 0 Å². The number of likely N-dealkylation sites (tertiary alicyclic amines) is 1. The van der Waals surface area contributed by atoms with Crippen molar-refractivity contribution >= 4 is 29.5 Å². The number of hydrogen-bond donors (Lipinski definition) is 1. The summed E-state index contributed by atoms with van der Waals surface area (Å²) in [4.78, 5) is 36.6. The second-order valence-corrected chi connectivity index (χ2v) is 6.02. The number of carboxylic acids is 1. The average molecular weight is 342 g/mol. The van der Waals surface area contributed by atoms with E-state index in [9.17, 15) is 27.6 Å². The number of aliphatic carboxylic acids is 1. The second kappa shape index (κ2) is 7.70. The molecule has 0 atom stereocenters. The molecule has 1 N–H and O–H groups in total. The zero-order valence-electron chi connectivity index (χ0n) is 11.9. The van der Waals surface area contributed by atoms with Crippen molar-refractivity contribution in [3.8, 4) is 0 Å². The number of likely N-dealkylation sites (N-methyl/N-ethyl adjacent to an activating group) is 1. The highest BCUT2D eigenvalue weighted by Gasteiger charge is 2.31. The Balaban J connectivity index is 2.38. The summed E-state index contributed by atoms with van der Waals surface area (Å²) in [6.07, 6.45) is 0.672. The molecule has 0 bridgehead atoms. The fourth-order valence-corrected chi connectivity index (χ4v) is 2.53. The van der Waals surface area contributed by atoms with Crippen LogP contribution in [-0.2, 0) is 14.4 Å². The highest BCUT2D eigenvalue weighted by Crippen LogP contribution is 2.30. The van der Waals surface area contributed by atoms with Crippen molar-refractivity contribution in [3.05, 3.63) is 0 Å². The number of carboxylic acid groups (broad SMARTS) is 1. The third kappa shape index (κ3) is 6.12. The van der Waals surface area contributed by atoms with Crippen LogP contribution in [-0.4, -0.2) is 70.6 Å². The summed E-state index contributed by atoms with van der Waals surface area (Å²) < 4.78 is 36.0. The first kappa shape index (κ1) is 18.6. The van der Waals surface area contributed by atoms with E-state index in [0.717, 1.165) is 4.90 Å². The molecule has 1 fully saturated rings. The molecule has 0 radical (unpaired) electrons. The van der Waals surface area contributed by atoms with Crippen molar-refractivity contribution < 1.29 is 32.7 Å². The number of halogens is 3. The average Bonchev–Trinajstić information content (AvgIpc) is 2.43. The molecule has 0 aromatic carbocycles. The van der Waals surface area contributed by atoms with Gasteiger partial charge in [-0.25, -0.2) is 0 Å². The summed E-state index contributed by atoms with van der Waals surface area (Å²) in [5.41, 5.74) is -4.49. The fourth-order valence-electron chi connectivity index (χ4n) is 2.02. The Labute approximate surface area is 129 Å². The van der Waals surface area contributed by atoms with E-state index in [1.807, 2.05) is 0 Å². The van der Waals surface area contributed by atoms with Crippen molar-refractivity contribution in [1.29, 1.82) is 0 Å². The van der Waals surface area contributed by atoms with Crippen molar-refractivity contribution in [2.75, 3.05) is 32.4 Å². The van der Waals surface area contributed by atoms with E-state index in [4.69, 9.17) is 5.11 Å². The Kier molecular flexibility index (Phi) is 6.51. The van der Waals surface area contributed by atoms with Gasteiger partial charge in [0.25, 0.3) is 0 Å². The minimum absolute atomic E-state index is 0.273. The van der Waals surface area contributed by atoms with Gasteiger partial charge in [-0.05, 0) is 24.6 Å². The van der Waals surface area contributed by atoms with Crippen LogP contribution in [0.5, 0.6) is 0 Å². The molecular formula is C12H17F3N2O4S. The van der Waals surface area contributed by atoms with Gasteiger partial charge in [0, 0.05) is 20.1 Å². The van der Waals surface area contributed by atoms with Crippen molar-refractivity contribution in [2.24, 2.45) is 5.92 Å². The first-order valence-electron chi connectivity index (χ1n) is 6.55. The lowest BCUT2D eigenvalue weighted by atomic mass is 9.97. The molecule has 0 unspecified atom stereocenters. The molecule has 1 aliphatic rings. The van der Waals surface area contributed by atoms with Gasteiger partial charge in [0.05, 0.1) is 18.2 Å². The van der Waals surface area contributed by atoms with Gasteiger partial charge in [-0.2, -0.15) is 13.2 Å². The van der Waals surface area contributed by atoms with E-state index in [0.29, 0.717) is 12.8 Å². The van der Waals surface area contributed by atoms with E-state index in [-0.39, 0.29) is 19.6 Å². The molecule has 10 heteroatoms. The molecule has 0 saturated carbocycles. The van der Waals surface area contributed by atoms with Crippen LogP contribution in [0, 0.1) is 5.92 Å². The van der Waals surface area contributed by atoms with Gasteiger partial charge in [0.1, 0.15) is 0 Å². The van der Waals surface area contributed by atoms with Crippen molar-refractivity contribution in [2.45, 2.75) is 18.3 Å². The quantitative estimate of drug-likeness (QED) is 0.807. The molecule has 1 heterocycles. The SMILES string of the molecule is CN(CC(=O)N1CCC(C(=O)O)CC1)C(=O)CSC(F)(F)F. The van der Waals surface area contributed by atoms with Gasteiger partial charge in [-0.15, -0.1) is 0 Å². The minimum atomic E-state index is -4.49. The summed E-state index contributed by atoms with van der Waals surface area (Å²) in [5.74, 6) is -3.32. The van der Waals surface area contributed by atoms with Crippen LogP contribution >= 0.6 is 11.8 Å². The molecule has 1 saturated heterocycles. The predicted molar refractivity (Wildman–Crippen MR) is 73.1 cm³/mol. The number of carbonyl (C=O) groups excluding carboxylic acids is 2. The zero-order valence-corrected chi connectivity index (χ0v) is 12.7. The number of nitrogens with zero attached hydrogens (tertiary/aromatic N) is 2. The van der Waals surface area contributed by atoms with E-state index >= 15 is 0 Å². The van der Waals surface area contributed by atoms with Crippen LogP contribution in [0.4, 0.5) is 13.2 Å². The van der Waals surface area contributed by atoms with Crippen LogP contribution in [0.3, 0.4) is 0 Å². The number of piperidine rings is 1. The fraction of sp³-hybridized carbons (Fsp3) is 0.750. The van der Waals surface area contributed by atoms with Crippen LogP contribution < -0.4 is 0 Å². The van der Waals surface area contributed by atoms with Gasteiger partial charge in [-0.3, -0.25) is 14.4 Å². The molecule has 22 heavy (non-hydrogen) atoms. The summed E-state index contributed by atoms with van der Waals surface area (Å²) in [5, 5.41) is 8.86. The monoisotopic (exact) mass is 342 g/mol. The number of thioether (sulfide) groups is 1. The Hall–Kier alpha value is -1.45. The minimum Gasteiger partial charge on any atom is -0.481 e. The largest absolute Gasteiger partial charge is 0.481 e. The first-order valence-corrected chi connectivity index (χ1v) is 7.54. The molecule has 0 spiro atoms. The smallest absolute Gasteiger partial charge is 0.442 e. The van der Waals surface area contributed by atoms with Gasteiger partial charge in [0.2, 0.25) is 11.8 Å². The van der Waals surface area contributed by atoms with Gasteiger partial charge in [-0.1, -0.05) is 0 Å². The number of amides is 2. The van der Waals surface area contributed by atoms with Gasteiger partial charge in [0.15, 0.2) is 0 Å². The normalized spacial score (nSPS) is 16.5. The van der Waals surface area contributed by atoms with E-state index < -0.39 is 46.7 Å². The number of rotatable bonds is 5. The van der Waals surface area contributed by atoms with E-state index in [2.05, 4.69) is 0 Å². The molecule has 1 aliphatic heterocycles. The lowest BCUT2D eigenvalue weighted by molar-refractivity contribution is -0.146. The first-order chi connectivity index (χ1) is 10.1. The number of alkyl halides is 3. The lowest BCUT2D eigenvalue weighted by Gasteiger charge is -2.31. The van der Waals surface area contributed by atoms with Crippen LogP contribution in [0.25, 0.3) is 0 Å². The van der Waals surface area contributed by atoms with Crippen LogP contribution in [0.1, 0.15) is 12.8 Å². The Morgan fingerprint density at radius 3 is 2.27 bits per heavy atom. The predicted octanol–water partition coefficient (Wildman–Crippen LogP) is 1.02. The zero-order chi connectivity index (χ0) is 16.9. The maximum atomic E-state index is 12.0. The summed E-state index contributed by atoms with van der Waals surface area (Å²) in [6.45, 7) is 0.235. The molecule has 0 aliphatic carbocycles. The standard InChI is InChI=1S/C12H17F3N2O4S/c1-16(10(19)7-22-12(13,14)15)6-9(18)17-4-2-8(3-5-17)11(20)21/h8H,2-7H2,1H3,(H,20,21). The Bertz CT molecular complexity index is 437. The van der Waals surface area contributed by atoms with E-state index in [1.165, 1.54) is 11.9 Å². The number of hydrogen-bond acceptors (Lipinski definition) is 4. The summed E-state index contributed by atoms with van der Waals surface area (Å²) >= 11 is -0.445. The molecule has 6 nitrogen and oxygen atoms in total. The molecule has 0 aromatic rings. The molecule has 2 amide bonds. The van der Waals surface area contributed by atoms with Crippen molar-refractivity contribution in [3.63, 3.8) is 0 Å².